The molecule has 2 aromatic carbocycles. The number of rotatable bonds is 2. The smallest absolute Gasteiger partial charge is 0.190 e. The number of fused-ring (bicyclic) bond motifs is 2. The van der Waals surface area contributed by atoms with Gasteiger partial charge in [0.2, 0.25) is 0 Å². The standard InChI is InChI=1S/C15H12N5S/c1-2-20-13-5-3-4-6-14(13)21-15(20)16-10-7-8-11-12(9-10)18-19-17-11/h3-9H,2H2,1H3/b16-15-. The van der Waals surface area contributed by atoms with Gasteiger partial charge in [0, 0.05) is 6.54 Å². The zero-order valence-corrected chi connectivity index (χ0v) is 12.2. The third-order valence-corrected chi connectivity index (χ3v) is 4.45. The molecular formula is C15H12N5S. The molecule has 0 saturated heterocycles. The van der Waals surface area contributed by atoms with Gasteiger partial charge < -0.3 is 4.57 Å². The predicted molar refractivity (Wildman–Crippen MR) is 83.5 cm³/mol. The minimum absolute atomic E-state index is 0.778. The first kappa shape index (κ1) is 12.3. The van der Waals surface area contributed by atoms with Gasteiger partial charge in [0.15, 0.2) is 4.80 Å². The maximum absolute atomic E-state index is 4.76. The van der Waals surface area contributed by atoms with Crippen LogP contribution in [0.4, 0.5) is 17.1 Å². The van der Waals surface area contributed by atoms with E-state index in [1.54, 1.807) is 11.3 Å². The van der Waals surface area contributed by atoms with Crippen LogP contribution in [0.15, 0.2) is 57.8 Å². The molecule has 1 aliphatic rings. The highest BCUT2D eigenvalue weighted by Gasteiger charge is 2.10. The van der Waals surface area contributed by atoms with Gasteiger partial charge in [-0.25, -0.2) is 4.99 Å². The van der Waals surface area contributed by atoms with E-state index in [0.717, 1.165) is 28.4 Å². The molecule has 6 heteroatoms. The molecule has 3 aromatic rings. The summed E-state index contributed by atoms with van der Waals surface area (Å²) in [6, 6.07) is 14.1. The van der Waals surface area contributed by atoms with Crippen LogP contribution in [0.25, 0.3) is 10.2 Å². The first-order valence-electron chi connectivity index (χ1n) is 6.74. The Kier molecular flexibility index (Phi) is 2.82. The van der Waals surface area contributed by atoms with E-state index in [4.69, 9.17) is 4.99 Å². The lowest BCUT2D eigenvalue weighted by Gasteiger charge is -2.00. The molecule has 0 saturated carbocycles. The van der Waals surface area contributed by atoms with Crippen molar-refractivity contribution in [1.29, 1.82) is 0 Å². The Morgan fingerprint density at radius 1 is 1.14 bits per heavy atom. The highest BCUT2D eigenvalue weighted by molar-refractivity contribution is 7.16. The summed E-state index contributed by atoms with van der Waals surface area (Å²) in [5.41, 5.74) is 7.66. The van der Waals surface area contributed by atoms with Gasteiger partial charge in [-0.3, -0.25) is 0 Å². The third-order valence-electron chi connectivity index (χ3n) is 3.39. The number of hydrogen-bond donors (Lipinski definition) is 0. The van der Waals surface area contributed by atoms with Crippen LogP contribution < -0.4 is 10.2 Å². The van der Waals surface area contributed by atoms with Gasteiger partial charge >= 0.3 is 0 Å². The maximum atomic E-state index is 4.76. The molecule has 103 valence electrons. The van der Waals surface area contributed by atoms with Crippen molar-refractivity contribution in [1.82, 2.24) is 9.99 Å². The largest absolute Gasteiger partial charge is 0.317 e. The molecule has 0 atom stereocenters. The first-order chi connectivity index (χ1) is 10.3. The number of nitrogens with zero attached hydrogens (tertiary/aromatic N) is 5. The summed E-state index contributed by atoms with van der Waals surface area (Å²) in [5, 5.41) is 7.60. The molecule has 1 aliphatic heterocycles. The molecule has 5 nitrogen and oxygen atoms in total. The molecule has 0 unspecified atom stereocenters. The fraction of sp³-hybridized carbons (Fsp3) is 0.133. The van der Waals surface area contributed by atoms with Gasteiger partial charge in [-0.2, -0.15) is 0 Å². The Hall–Kier alpha value is -2.47. The van der Waals surface area contributed by atoms with Gasteiger partial charge in [0.25, 0.3) is 0 Å². The van der Waals surface area contributed by atoms with E-state index in [1.165, 1.54) is 10.2 Å². The zero-order chi connectivity index (χ0) is 14.2. The highest BCUT2D eigenvalue weighted by atomic mass is 32.1. The van der Waals surface area contributed by atoms with Gasteiger partial charge in [0.05, 0.1) is 15.9 Å². The molecule has 0 amide bonds. The number of para-hydroxylation sites is 1. The monoisotopic (exact) mass is 294 g/mol. The Labute approximate surface area is 125 Å². The first-order valence-corrected chi connectivity index (χ1v) is 7.56. The second kappa shape index (κ2) is 4.82. The molecule has 0 bridgehead atoms. The van der Waals surface area contributed by atoms with E-state index < -0.39 is 0 Å². The van der Waals surface area contributed by atoms with Crippen molar-refractivity contribution in [3.63, 3.8) is 0 Å². The summed E-state index contributed by atoms with van der Waals surface area (Å²) in [4.78, 5) is 5.76. The van der Waals surface area contributed by atoms with Crippen molar-refractivity contribution in [2.24, 2.45) is 15.3 Å². The molecule has 0 fully saturated rings. The van der Waals surface area contributed by atoms with Crippen molar-refractivity contribution in [3.05, 3.63) is 47.3 Å². The number of hydrogen-bond acceptors (Lipinski definition) is 4. The third kappa shape index (κ3) is 2.04. The lowest BCUT2D eigenvalue weighted by molar-refractivity contribution is 0.765. The second-order valence-corrected chi connectivity index (χ2v) is 5.68. The zero-order valence-electron chi connectivity index (χ0n) is 11.4. The molecular weight excluding hydrogens is 282 g/mol. The number of aryl methyl sites for hydroxylation is 1. The highest BCUT2D eigenvalue weighted by Crippen LogP contribution is 2.33. The quantitative estimate of drug-likeness (QED) is 0.680. The lowest BCUT2D eigenvalue weighted by atomic mass is 10.2. The van der Waals surface area contributed by atoms with Gasteiger partial charge in [-0.1, -0.05) is 23.5 Å². The van der Waals surface area contributed by atoms with Crippen molar-refractivity contribution in [3.8, 4) is 0 Å². The lowest BCUT2D eigenvalue weighted by Crippen LogP contribution is -2.12. The van der Waals surface area contributed by atoms with E-state index in [1.807, 2.05) is 18.2 Å². The molecule has 1 radical (unpaired) electrons. The normalized spacial score (nSPS) is 13.7. The summed E-state index contributed by atoms with van der Waals surface area (Å²) in [5.74, 6) is 0. The van der Waals surface area contributed by atoms with Crippen LogP contribution in [0.1, 0.15) is 6.92 Å². The maximum Gasteiger partial charge on any atom is 0.190 e. The van der Waals surface area contributed by atoms with Crippen molar-refractivity contribution >= 4 is 38.6 Å². The summed E-state index contributed by atoms with van der Waals surface area (Å²) in [6.45, 7) is 3.02. The van der Waals surface area contributed by atoms with Gasteiger partial charge in [-0.15, -0.1) is 10.5 Å². The minimum atomic E-state index is 0.778. The van der Waals surface area contributed by atoms with Crippen molar-refractivity contribution < 1.29 is 0 Å². The van der Waals surface area contributed by atoms with Gasteiger partial charge in [-0.05, 0) is 42.5 Å². The van der Waals surface area contributed by atoms with E-state index in [2.05, 4.69) is 51.5 Å². The second-order valence-electron chi connectivity index (χ2n) is 4.67. The average Bonchev–Trinajstić information content (AvgIpc) is 3.10. The molecule has 0 N–H and O–H groups in total. The molecule has 0 spiro atoms. The summed E-state index contributed by atoms with van der Waals surface area (Å²) in [7, 11) is 0. The van der Waals surface area contributed by atoms with Gasteiger partial charge in [0.1, 0.15) is 11.4 Å². The van der Waals surface area contributed by atoms with E-state index in [-0.39, 0.29) is 0 Å². The number of aromatic nitrogens is 1. The number of benzene rings is 2. The fourth-order valence-corrected chi connectivity index (χ4v) is 3.50. The number of thiazole rings is 1. The topological polar surface area (TPSA) is 56.1 Å². The fourth-order valence-electron chi connectivity index (χ4n) is 2.39. The molecule has 4 rings (SSSR count). The van der Waals surface area contributed by atoms with Crippen LogP contribution >= 0.6 is 11.3 Å². The van der Waals surface area contributed by atoms with Crippen LogP contribution in [0.3, 0.4) is 0 Å². The molecule has 1 aromatic heterocycles. The van der Waals surface area contributed by atoms with E-state index in [0.29, 0.717) is 0 Å². The SMILES string of the molecule is CCn1/c(=N/c2ccc3c(c2)[N]N=N3)sc2ccccc21. The van der Waals surface area contributed by atoms with Crippen LogP contribution in [0.5, 0.6) is 0 Å². The molecule has 2 heterocycles. The summed E-state index contributed by atoms with van der Waals surface area (Å²) < 4.78 is 3.47. The van der Waals surface area contributed by atoms with Crippen LogP contribution in [-0.4, -0.2) is 4.57 Å². The Bertz CT molecular complexity index is 919. The van der Waals surface area contributed by atoms with Crippen LogP contribution in [0, 0.1) is 0 Å². The van der Waals surface area contributed by atoms with Crippen molar-refractivity contribution in [2.45, 2.75) is 13.5 Å². The Morgan fingerprint density at radius 3 is 2.95 bits per heavy atom. The Morgan fingerprint density at radius 2 is 2.05 bits per heavy atom. The van der Waals surface area contributed by atoms with Crippen LogP contribution in [-0.2, 0) is 6.54 Å². The predicted octanol–water partition coefficient (Wildman–Crippen LogP) is 4.20. The molecule has 21 heavy (non-hydrogen) atoms. The summed E-state index contributed by atoms with van der Waals surface area (Å²) in [6.07, 6.45) is 0. The Balaban J connectivity index is 1.89. The average molecular weight is 294 g/mol. The van der Waals surface area contributed by atoms with Crippen LogP contribution in [0.2, 0.25) is 0 Å². The summed E-state index contributed by atoms with van der Waals surface area (Å²) >= 11 is 1.70. The van der Waals surface area contributed by atoms with E-state index >= 15 is 0 Å². The molecule has 0 aliphatic carbocycles. The minimum Gasteiger partial charge on any atom is -0.317 e. The van der Waals surface area contributed by atoms with E-state index in [9.17, 15) is 0 Å². The van der Waals surface area contributed by atoms with Crippen molar-refractivity contribution in [2.75, 3.05) is 0 Å².